The van der Waals surface area contributed by atoms with Crippen molar-refractivity contribution in [3.05, 3.63) is 71.8 Å². The molecule has 0 radical (unpaired) electrons. The van der Waals surface area contributed by atoms with Gasteiger partial charge in [0.25, 0.3) is 0 Å². The summed E-state index contributed by atoms with van der Waals surface area (Å²) in [5.41, 5.74) is 2.55. The van der Waals surface area contributed by atoms with Gasteiger partial charge in [0, 0.05) is 19.5 Å². The second-order valence-electron chi connectivity index (χ2n) is 5.63. The summed E-state index contributed by atoms with van der Waals surface area (Å²) < 4.78 is 5.22. The highest BCUT2D eigenvalue weighted by Crippen LogP contribution is 2.06. The SMILES string of the molecule is Cc1ccccc1.O=C(CCc1ccccc1)N1CCOCC1. The van der Waals surface area contributed by atoms with Crippen LogP contribution >= 0.6 is 0 Å². The van der Waals surface area contributed by atoms with Crippen LogP contribution in [0.2, 0.25) is 0 Å². The number of hydrogen-bond acceptors (Lipinski definition) is 2. The van der Waals surface area contributed by atoms with Gasteiger partial charge in [0.1, 0.15) is 0 Å². The Morgan fingerprint density at radius 1 is 0.957 bits per heavy atom. The molecule has 0 saturated carbocycles. The molecule has 1 aliphatic rings. The van der Waals surface area contributed by atoms with Crippen molar-refractivity contribution in [1.29, 1.82) is 0 Å². The van der Waals surface area contributed by atoms with Crippen molar-refractivity contribution in [1.82, 2.24) is 4.90 Å². The maximum absolute atomic E-state index is 11.8. The summed E-state index contributed by atoms with van der Waals surface area (Å²) >= 11 is 0. The summed E-state index contributed by atoms with van der Waals surface area (Å²) in [4.78, 5) is 13.7. The van der Waals surface area contributed by atoms with Crippen LogP contribution in [0.3, 0.4) is 0 Å². The molecule has 0 bridgehead atoms. The average molecular weight is 311 g/mol. The van der Waals surface area contributed by atoms with Crippen LogP contribution in [-0.2, 0) is 16.0 Å². The largest absolute Gasteiger partial charge is 0.378 e. The normalized spacial score (nSPS) is 13.9. The van der Waals surface area contributed by atoms with Crippen LogP contribution in [0.4, 0.5) is 0 Å². The van der Waals surface area contributed by atoms with Crippen LogP contribution in [0, 0.1) is 6.92 Å². The van der Waals surface area contributed by atoms with Gasteiger partial charge in [-0.3, -0.25) is 4.79 Å². The molecule has 2 aromatic rings. The van der Waals surface area contributed by atoms with Crippen molar-refractivity contribution < 1.29 is 9.53 Å². The summed E-state index contributed by atoms with van der Waals surface area (Å²) in [5, 5.41) is 0. The summed E-state index contributed by atoms with van der Waals surface area (Å²) in [5.74, 6) is 0.243. The van der Waals surface area contributed by atoms with E-state index in [1.165, 1.54) is 11.1 Å². The Balaban J connectivity index is 0.000000229. The van der Waals surface area contributed by atoms with Gasteiger partial charge in [-0.2, -0.15) is 0 Å². The highest BCUT2D eigenvalue weighted by molar-refractivity contribution is 5.76. The van der Waals surface area contributed by atoms with Gasteiger partial charge in [-0.05, 0) is 18.9 Å². The van der Waals surface area contributed by atoms with Crippen molar-refractivity contribution in [3.8, 4) is 0 Å². The number of aryl methyl sites for hydroxylation is 2. The number of carbonyl (C=O) groups excluding carboxylic acids is 1. The van der Waals surface area contributed by atoms with Crippen molar-refractivity contribution in [3.63, 3.8) is 0 Å². The van der Waals surface area contributed by atoms with Crippen molar-refractivity contribution in [2.24, 2.45) is 0 Å². The lowest BCUT2D eigenvalue weighted by atomic mass is 10.1. The molecule has 1 aliphatic heterocycles. The third-order valence-corrected chi connectivity index (χ3v) is 3.77. The van der Waals surface area contributed by atoms with E-state index in [-0.39, 0.29) is 5.91 Å². The Labute approximate surface area is 138 Å². The van der Waals surface area contributed by atoms with E-state index in [9.17, 15) is 4.79 Å². The molecule has 0 aromatic heterocycles. The Morgan fingerprint density at radius 2 is 1.52 bits per heavy atom. The first-order valence-corrected chi connectivity index (χ1v) is 8.17. The molecule has 1 amide bonds. The lowest BCUT2D eigenvalue weighted by molar-refractivity contribution is -0.135. The maximum Gasteiger partial charge on any atom is 0.223 e. The molecule has 1 heterocycles. The number of benzene rings is 2. The van der Waals surface area contributed by atoms with Gasteiger partial charge in [-0.1, -0.05) is 66.2 Å². The molecule has 0 unspecified atom stereocenters. The lowest BCUT2D eigenvalue weighted by Crippen LogP contribution is -2.40. The van der Waals surface area contributed by atoms with Crippen molar-refractivity contribution in [2.45, 2.75) is 19.8 Å². The molecule has 3 rings (SSSR count). The quantitative estimate of drug-likeness (QED) is 0.868. The van der Waals surface area contributed by atoms with Crippen molar-refractivity contribution >= 4 is 5.91 Å². The topological polar surface area (TPSA) is 29.5 Å². The Bertz CT molecular complexity index is 563. The first-order valence-electron chi connectivity index (χ1n) is 8.17. The van der Waals surface area contributed by atoms with E-state index in [1.807, 2.05) is 41.3 Å². The first kappa shape index (κ1) is 17.2. The van der Waals surface area contributed by atoms with E-state index in [0.717, 1.165) is 19.5 Å². The number of hydrogen-bond donors (Lipinski definition) is 0. The number of morpholine rings is 1. The standard InChI is InChI=1S/C13H17NO2.C7H8/c15-13(14-8-10-16-11-9-14)7-6-12-4-2-1-3-5-12;1-7-5-3-2-4-6-7/h1-5H,6-11H2;2-6H,1H3. The number of carbonyl (C=O) groups is 1. The predicted octanol–water partition coefficient (Wildman–Crippen LogP) is 3.47. The Morgan fingerprint density at radius 3 is 2.04 bits per heavy atom. The van der Waals surface area contributed by atoms with Crippen LogP contribution in [0.5, 0.6) is 0 Å². The molecule has 0 spiro atoms. The van der Waals surface area contributed by atoms with E-state index in [4.69, 9.17) is 4.74 Å². The third kappa shape index (κ3) is 6.66. The highest BCUT2D eigenvalue weighted by atomic mass is 16.5. The zero-order chi connectivity index (χ0) is 16.3. The molecule has 0 N–H and O–H groups in total. The molecule has 2 aromatic carbocycles. The highest BCUT2D eigenvalue weighted by Gasteiger charge is 2.15. The number of nitrogens with zero attached hydrogens (tertiary/aromatic N) is 1. The van der Waals surface area contributed by atoms with E-state index >= 15 is 0 Å². The summed E-state index contributed by atoms with van der Waals surface area (Å²) in [6.07, 6.45) is 1.43. The fourth-order valence-corrected chi connectivity index (χ4v) is 2.40. The van der Waals surface area contributed by atoms with Gasteiger partial charge >= 0.3 is 0 Å². The van der Waals surface area contributed by atoms with E-state index < -0.39 is 0 Å². The van der Waals surface area contributed by atoms with Crippen molar-refractivity contribution in [2.75, 3.05) is 26.3 Å². The third-order valence-electron chi connectivity index (χ3n) is 3.77. The molecular weight excluding hydrogens is 286 g/mol. The fraction of sp³-hybridized carbons (Fsp3) is 0.350. The first-order chi connectivity index (χ1) is 11.3. The van der Waals surface area contributed by atoms with Crippen LogP contribution in [0.1, 0.15) is 17.5 Å². The van der Waals surface area contributed by atoms with Gasteiger partial charge in [0.05, 0.1) is 13.2 Å². The van der Waals surface area contributed by atoms with Gasteiger partial charge in [-0.25, -0.2) is 0 Å². The molecule has 122 valence electrons. The lowest BCUT2D eigenvalue weighted by Gasteiger charge is -2.26. The number of ether oxygens (including phenoxy) is 1. The van der Waals surface area contributed by atoms with E-state index in [1.54, 1.807) is 0 Å². The molecule has 3 heteroatoms. The molecule has 0 atom stereocenters. The minimum atomic E-state index is 0.243. The Kier molecular flexibility index (Phi) is 7.34. The van der Waals surface area contributed by atoms with E-state index in [2.05, 4.69) is 31.2 Å². The molecule has 1 saturated heterocycles. The average Bonchev–Trinajstić information content (AvgIpc) is 2.62. The molecular formula is C20H25NO2. The van der Waals surface area contributed by atoms with Gasteiger partial charge in [0.15, 0.2) is 0 Å². The molecule has 23 heavy (non-hydrogen) atoms. The Hall–Kier alpha value is -2.13. The minimum Gasteiger partial charge on any atom is -0.378 e. The van der Waals surface area contributed by atoms with Crippen LogP contribution in [0.25, 0.3) is 0 Å². The number of amides is 1. The smallest absolute Gasteiger partial charge is 0.223 e. The zero-order valence-electron chi connectivity index (χ0n) is 13.8. The summed E-state index contributed by atoms with van der Waals surface area (Å²) in [6, 6.07) is 20.4. The molecule has 3 nitrogen and oxygen atoms in total. The maximum atomic E-state index is 11.8. The van der Waals surface area contributed by atoms with Gasteiger partial charge in [-0.15, -0.1) is 0 Å². The summed E-state index contributed by atoms with van der Waals surface area (Å²) in [7, 11) is 0. The second-order valence-corrected chi connectivity index (χ2v) is 5.63. The fourth-order valence-electron chi connectivity index (χ4n) is 2.40. The van der Waals surface area contributed by atoms with Crippen LogP contribution < -0.4 is 0 Å². The van der Waals surface area contributed by atoms with Crippen LogP contribution in [-0.4, -0.2) is 37.1 Å². The molecule has 1 fully saturated rings. The van der Waals surface area contributed by atoms with Crippen LogP contribution in [0.15, 0.2) is 60.7 Å². The van der Waals surface area contributed by atoms with E-state index in [0.29, 0.717) is 19.6 Å². The van der Waals surface area contributed by atoms with Gasteiger partial charge in [0.2, 0.25) is 5.91 Å². The summed E-state index contributed by atoms with van der Waals surface area (Å²) in [6.45, 7) is 4.93. The monoisotopic (exact) mass is 311 g/mol. The second kappa shape index (κ2) is 9.80. The zero-order valence-corrected chi connectivity index (χ0v) is 13.8. The molecule has 0 aliphatic carbocycles. The minimum absolute atomic E-state index is 0.243. The van der Waals surface area contributed by atoms with Gasteiger partial charge < -0.3 is 9.64 Å². The number of rotatable bonds is 3. The predicted molar refractivity (Wildman–Crippen MR) is 93.3 cm³/mol.